The summed E-state index contributed by atoms with van der Waals surface area (Å²) in [7, 11) is 3.89. The van der Waals surface area contributed by atoms with E-state index in [1.165, 1.54) is 17.0 Å². The van der Waals surface area contributed by atoms with Gasteiger partial charge in [0.2, 0.25) is 0 Å². The van der Waals surface area contributed by atoms with Crippen molar-refractivity contribution in [3.63, 3.8) is 0 Å². The van der Waals surface area contributed by atoms with Crippen LogP contribution < -0.4 is 9.80 Å². The Morgan fingerprint density at radius 1 is 1.03 bits per heavy atom. The Morgan fingerprint density at radius 2 is 1.72 bits per heavy atom. The number of benzene rings is 3. The third-order valence-corrected chi connectivity index (χ3v) is 5.02. The summed E-state index contributed by atoms with van der Waals surface area (Å²) in [5.41, 5.74) is 2.53. The number of anilines is 2. The first-order valence-electron chi connectivity index (χ1n) is 9.80. The van der Waals surface area contributed by atoms with Crippen molar-refractivity contribution in [1.29, 1.82) is 0 Å². The van der Waals surface area contributed by atoms with Crippen LogP contribution in [-0.4, -0.2) is 35.9 Å². The van der Waals surface area contributed by atoms with Gasteiger partial charge in [0.05, 0.1) is 16.7 Å². The molecule has 0 unspecified atom stereocenters. The van der Waals surface area contributed by atoms with Crippen molar-refractivity contribution in [3.8, 4) is 5.75 Å². The van der Waals surface area contributed by atoms with Crippen LogP contribution in [0.2, 0.25) is 0 Å². The number of hydrogen-bond acceptors (Lipinski definition) is 6. The van der Waals surface area contributed by atoms with Gasteiger partial charge in [-0.05, 0) is 29.8 Å². The fraction of sp³-hybridized carbons (Fsp3) is 0.0833. The average molecular weight is 428 g/mol. The molecule has 0 spiro atoms. The fourth-order valence-electron chi connectivity index (χ4n) is 3.36. The standard InChI is InChI=1S/C24H20N4O4/c1-26(2)18-10-8-16(9-11-18)14-20-24(30)27(23(25-20)17-6-4-3-5-7-17)21-13-12-19(28(31)32)15-22(21)29/h3-15,29H,1-2H3. The predicted octanol–water partition coefficient (Wildman–Crippen LogP) is 4.20. The zero-order valence-electron chi connectivity index (χ0n) is 17.5. The van der Waals surface area contributed by atoms with Crippen LogP contribution in [0.4, 0.5) is 17.1 Å². The zero-order valence-corrected chi connectivity index (χ0v) is 17.5. The second-order valence-corrected chi connectivity index (χ2v) is 7.39. The second kappa shape index (κ2) is 8.35. The highest BCUT2D eigenvalue weighted by Gasteiger charge is 2.34. The lowest BCUT2D eigenvalue weighted by Crippen LogP contribution is -2.32. The molecule has 8 heteroatoms. The van der Waals surface area contributed by atoms with Crippen LogP contribution in [0.5, 0.6) is 5.75 Å². The molecule has 8 nitrogen and oxygen atoms in total. The number of nitrogens with zero attached hydrogens (tertiary/aromatic N) is 4. The van der Waals surface area contributed by atoms with Gasteiger partial charge in [-0.15, -0.1) is 0 Å². The number of carbonyl (C=O) groups is 1. The molecule has 1 N–H and O–H groups in total. The van der Waals surface area contributed by atoms with Crippen molar-refractivity contribution in [2.24, 2.45) is 4.99 Å². The molecule has 0 bridgehead atoms. The molecular formula is C24H20N4O4. The van der Waals surface area contributed by atoms with Crippen molar-refractivity contribution in [1.82, 2.24) is 0 Å². The van der Waals surface area contributed by atoms with Crippen LogP contribution in [0.25, 0.3) is 6.08 Å². The number of non-ortho nitro benzene ring substituents is 1. The Balaban J connectivity index is 1.79. The second-order valence-electron chi connectivity index (χ2n) is 7.39. The van der Waals surface area contributed by atoms with E-state index in [2.05, 4.69) is 4.99 Å². The quantitative estimate of drug-likeness (QED) is 0.373. The highest BCUT2D eigenvalue weighted by Crippen LogP contribution is 2.36. The monoisotopic (exact) mass is 428 g/mol. The van der Waals surface area contributed by atoms with E-state index in [0.717, 1.165) is 17.3 Å². The smallest absolute Gasteiger partial charge is 0.282 e. The fourth-order valence-corrected chi connectivity index (χ4v) is 3.36. The number of phenolic OH excluding ortho intramolecular Hbond substituents is 1. The van der Waals surface area contributed by atoms with Gasteiger partial charge in [-0.25, -0.2) is 4.99 Å². The summed E-state index contributed by atoms with van der Waals surface area (Å²) in [5.74, 6) is -0.492. The lowest BCUT2D eigenvalue weighted by Gasteiger charge is -2.19. The molecule has 0 aliphatic carbocycles. The minimum atomic E-state index is -0.607. The topological polar surface area (TPSA) is 99.3 Å². The summed E-state index contributed by atoms with van der Waals surface area (Å²) in [6.07, 6.45) is 1.67. The van der Waals surface area contributed by atoms with Gasteiger partial charge in [0.1, 0.15) is 17.3 Å². The molecule has 3 aromatic rings. The normalized spacial score (nSPS) is 14.6. The molecule has 0 fully saturated rings. The van der Waals surface area contributed by atoms with Crippen molar-refractivity contribution in [2.45, 2.75) is 0 Å². The van der Waals surface area contributed by atoms with Crippen LogP contribution in [-0.2, 0) is 4.79 Å². The molecule has 4 rings (SSSR count). The molecule has 0 atom stereocenters. The van der Waals surface area contributed by atoms with Crippen LogP contribution in [0.3, 0.4) is 0 Å². The van der Waals surface area contributed by atoms with Gasteiger partial charge in [-0.2, -0.15) is 0 Å². The number of amides is 1. The van der Waals surface area contributed by atoms with Crippen molar-refractivity contribution in [2.75, 3.05) is 23.9 Å². The average Bonchev–Trinajstić information content (AvgIpc) is 3.10. The lowest BCUT2D eigenvalue weighted by molar-refractivity contribution is -0.384. The van der Waals surface area contributed by atoms with Gasteiger partial charge >= 0.3 is 0 Å². The van der Waals surface area contributed by atoms with E-state index in [0.29, 0.717) is 11.4 Å². The summed E-state index contributed by atoms with van der Waals surface area (Å²) in [6, 6.07) is 20.3. The largest absolute Gasteiger partial charge is 0.505 e. The number of nitro groups is 1. The number of hydrogen-bond donors (Lipinski definition) is 1. The minimum Gasteiger partial charge on any atom is -0.505 e. The number of phenols is 1. The third-order valence-electron chi connectivity index (χ3n) is 5.02. The van der Waals surface area contributed by atoms with E-state index in [1.807, 2.05) is 61.5 Å². The molecule has 1 heterocycles. The molecule has 32 heavy (non-hydrogen) atoms. The Kier molecular flexibility index (Phi) is 5.43. The zero-order chi connectivity index (χ0) is 22.8. The molecule has 1 amide bonds. The molecule has 0 aromatic heterocycles. The maximum Gasteiger partial charge on any atom is 0.282 e. The summed E-state index contributed by atoms with van der Waals surface area (Å²) in [5, 5.41) is 21.5. The highest BCUT2D eigenvalue weighted by atomic mass is 16.6. The maximum atomic E-state index is 13.3. The van der Waals surface area contributed by atoms with Crippen LogP contribution in [0, 0.1) is 10.1 Å². The Labute approximate surface area is 184 Å². The first-order chi connectivity index (χ1) is 15.3. The van der Waals surface area contributed by atoms with Gasteiger partial charge in [0.15, 0.2) is 0 Å². The predicted molar refractivity (Wildman–Crippen MR) is 124 cm³/mol. The minimum absolute atomic E-state index is 0.120. The first kappa shape index (κ1) is 20.8. The Hall–Kier alpha value is -4.46. The van der Waals surface area contributed by atoms with E-state index in [4.69, 9.17) is 0 Å². The molecular weight excluding hydrogens is 408 g/mol. The van der Waals surface area contributed by atoms with Crippen molar-refractivity contribution >= 4 is 34.9 Å². The molecule has 0 saturated carbocycles. The Morgan fingerprint density at radius 3 is 2.31 bits per heavy atom. The third kappa shape index (κ3) is 3.93. The molecule has 1 aliphatic heterocycles. The summed E-state index contributed by atoms with van der Waals surface area (Å²) in [6.45, 7) is 0. The van der Waals surface area contributed by atoms with Crippen molar-refractivity contribution in [3.05, 3.63) is 99.7 Å². The number of rotatable bonds is 5. The molecule has 3 aromatic carbocycles. The summed E-state index contributed by atoms with van der Waals surface area (Å²) < 4.78 is 0. The highest BCUT2D eigenvalue weighted by molar-refractivity contribution is 6.33. The van der Waals surface area contributed by atoms with E-state index < -0.39 is 10.8 Å². The number of aliphatic imine (C=N–C) groups is 1. The van der Waals surface area contributed by atoms with Crippen LogP contribution >= 0.6 is 0 Å². The van der Waals surface area contributed by atoms with Gasteiger partial charge in [-0.3, -0.25) is 19.8 Å². The molecule has 0 saturated heterocycles. The van der Waals surface area contributed by atoms with Crippen molar-refractivity contribution < 1.29 is 14.8 Å². The number of aromatic hydroxyl groups is 1. The number of carbonyl (C=O) groups excluding carboxylic acids is 1. The molecule has 160 valence electrons. The van der Waals surface area contributed by atoms with Gasteiger partial charge in [0.25, 0.3) is 11.6 Å². The summed E-state index contributed by atoms with van der Waals surface area (Å²) >= 11 is 0. The number of amidine groups is 1. The molecule has 1 aliphatic rings. The van der Waals surface area contributed by atoms with Gasteiger partial charge < -0.3 is 10.0 Å². The van der Waals surface area contributed by atoms with E-state index in [1.54, 1.807) is 18.2 Å². The van der Waals surface area contributed by atoms with Crippen LogP contribution in [0.1, 0.15) is 11.1 Å². The maximum absolute atomic E-state index is 13.3. The Bertz CT molecular complexity index is 1250. The first-order valence-corrected chi connectivity index (χ1v) is 9.80. The summed E-state index contributed by atoms with van der Waals surface area (Å²) in [4.78, 5) is 31.6. The van der Waals surface area contributed by atoms with Gasteiger partial charge in [-0.1, -0.05) is 42.5 Å². The van der Waals surface area contributed by atoms with E-state index >= 15 is 0 Å². The van der Waals surface area contributed by atoms with Crippen LogP contribution in [0.15, 0.2) is 83.5 Å². The van der Waals surface area contributed by atoms with E-state index in [-0.39, 0.29) is 22.8 Å². The molecule has 0 radical (unpaired) electrons. The SMILES string of the molecule is CN(C)c1ccc(C=C2N=C(c3ccccc3)N(c3ccc([N+](=O)[O-])cc3O)C2=O)cc1. The van der Waals surface area contributed by atoms with Gasteiger partial charge in [0, 0.05) is 31.4 Å². The lowest BCUT2D eigenvalue weighted by atomic mass is 10.1. The van der Waals surface area contributed by atoms with E-state index in [9.17, 15) is 20.0 Å². The number of nitro benzene ring substituents is 1.